The molecule has 3 rings (SSSR count). The minimum atomic E-state index is -2.83. The van der Waals surface area contributed by atoms with Crippen molar-refractivity contribution in [2.75, 3.05) is 6.61 Å². The molecule has 2 aromatic heterocycles. The zero-order valence-electron chi connectivity index (χ0n) is 12.5. The van der Waals surface area contributed by atoms with E-state index in [-0.39, 0.29) is 18.1 Å². The van der Waals surface area contributed by atoms with Gasteiger partial charge in [0.1, 0.15) is 11.5 Å². The van der Waals surface area contributed by atoms with Gasteiger partial charge in [0.25, 0.3) is 5.56 Å². The van der Waals surface area contributed by atoms with E-state index in [0.29, 0.717) is 16.9 Å². The normalized spacial score (nSPS) is 28.4. The first kappa shape index (κ1) is 16.2. The van der Waals surface area contributed by atoms with Gasteiger partial charge in [0.15, 0.2) is 12.3 Å². The molecule has 5 atom stereocenters. The zero-order valence-corrected chi connectivity index (χ0v) is 13.4. The molecule has 23 heavy (non-hydrogen) atoms. The Bertz CT molecular complexity index is 803. The molecule has 1 aliphatic rings. The second kappa shape index (κ2) is 6.10. The fourth-order valence-corrected chi connectivity index (χ4v) is 3.40. The number of aromatic amines is 1. The molecule has 3 N–H and O–H groups in total. The third kappa shape index (κ3) is 2.82. The lowest BCUT2D eigenvalue weighted by Gasteiger charge is -2.17. The van der Waals surface area contributed by atoms with E-state index in [0.717, 1.165) is 0 Å². The van der Waals surface area contributed by atoms with E-state index in [1.165, 1.54) is 0 Å². The van der Waals surface area contributed by atoms with Gasteiger partial charge in [-0.3, -0.25) is 4.79 Å². The number of hydrogen-bond acceptors (Lipinski definition) is 6. The number of H-pyrrole nitrogens is 1. The summed E-state index contributed by atoms with van der Waals surface area (Å²) in [6, 6.07) is 1.59. The van der Waals surface area contributed by atoms with Crippen LogP contribution in [0.3, 0.4) is 0 Å². The van der Waals surface area contributed by atoms with Crippen LogP contribution in [0.25, 0.3) is 11.0 Å². The average Bonchev–Trinajstić information content (AvgIpc) is 3.01. The predicted molar refractivity (Wildman–Crippen MR) is 79.9 cm³/mol. The average molecular weight is 342 g/mol. The van der Waals surface area contributed by atoms with Gasteiger partial charge in [-0.05, 0) is 13.0 Å². The van der Waals surface area contributed by atoms with Crippen molar-refractivity contribution in [1.29, 1.82) is 0 Å². The highest BCUT2D eigenvalue weighted by atomic mass is 31.1. The monoisotopic (exact) mass is 342 g/mol. The molecule has 0 bridgehead atoms. The summed E-state index contributed by atoms with van der Waals surface area (Å²) in [5.74, 6) is 0.134. The van der Waals surface area contributed by atoms with Crippen LogP contribution in [0.15, 0.2) is 17.1 Å². The number of nitrogens with one attached hydrogen (secondary N) is 1. The van der Waals surface area contributed by atoms with Crippen LogP contribution in [0.5, 0.6) is 0 Å². The molecular formula is C13H17N3O6P+. The molecule has 1 fully saturated rings. The number of hydrogen-bond donors (Lipinski definition) is 3. The number of aliphatic hydroxyl groups is 1. The Balaban J connectivity index is 2.08. The van der Waals surface area contributed by atoms with Crippen molar-refractivity contribution in [2.45, 2.75) is 32.3 Å². The van der Waals surface area contributed by atoms with Crippen molar-refractivity contribution in [3.05, 3.63) is 28.4 Å². The van der Waals surface area contributed by atoms with Crippen molar-refractivity contribution >= 4 is 19.3 Å². The smallest absolute Gasteiger partial charge is 0.394 e. The van der Waals surface area contributed by atoms with Crippen LogP contribution in [0, 0.1) is 12.8 Å². The Hall–Kier alpha value is -1.64. The van der Waals surface area contributed by atoms with Gasteiger partial charge >= 0.3 is 8.25 Å². The zero-order chi connectivity index (χ0) is 16.7. The molecule has 3 heterocycles. The number of aryl methyl sites for hydroxylation is 1. The molecule has 124 valence electrons. The number of fused-ring (bicyclic) bond motifs is 1. The van der Waals surface area contributed by atoms with E-state index in [9.17, 15) is 14.5 Å². The Kier molecular flexibility index (Phi) is 4.31. The fraction of sp³-hybridized carbons (Fsp3) is 0.538. The summed E-state index contributed by atoms with van der Waals surface area (Å²) < 4.78 is 23.6. The van der Waals surface area contributed by atoms with Crippen LogP contribution in [-0.2, 0) is 13.8 Å². The van der Waals surface area contributed by atoms with Crippen LogP contribution in [0.1, 0.15) is 19.0 Å². The van der Waals surface area contributed by atoms with Crippen molar-refractivity contribution in [2.24, 2.45) is 5.92 Å². The highest BCUT2D eigenvalue weighted by molar-refractivity contribution is 7.32. The predicted octanol–water partition coefficient (Wildman–Crippen LogP) is 0.594. The lowest BCUT2D eigenvalue weighted by Crippen LogP contribution is -2.27. The second-order valence-electron chi connectivity index (χ2n) is 5.53. The first-order chi connectivity index (χ1) is 10.9. The van der Waals surface area contributed by atoms with Gasteiger partial charge in [-0.2, -0.15) is 0 Å². The molecule has 9 nitrogen and oxygen atoms in total. The van der Waals surface area contributed by atoms with Gasteiger partial charge < -0.3 is 19.4 Å². The van der Waals surface area contributed by atoms with Gasteiger partial charge in [-0.25, -0.2) is 4.98 Å². The quantitative estimate of drug-likeness (QED) is 0.694. The summed E-state index contributed by atoms with van der Waals surface area (Å²) in [6.45, 7) is 3.18. The number of aromatic nitrogens is 3. The van der Waals surface area contributed by atoms with Crippen LogP contribution in [0.2, 0.25) is 0 Å². The molecule has 0 aliphatic carbocycles. The highest BCUT2D eigenvalue weighted by Gasteiger charge is 2.48. The second-order valence-corrected chi connectivity index (χ2v) is 6.21. The maximum atomic E-state index is 12.0. The van der Waals surface area contributed by atoms with Crippen LogP contribution >= 0.6 is 8.25 Å². The van der Waals surface area contributed by atoms with Gasteiger partial charge in [0.2, 0.25) is 0 Å². The van der Waals surface area contributed by atoms with Crippen molar-refractivity contribution in [1.82, 2.24) is 14.5 Å². The molecule has 2 aromatic rings. The standard InChI is InChI=1S/C13H16N3O6P/c1-6-9(5-17)21-13(10(6)22-23(19)20)16-4-3-8-11(16)14-7(2)15-12(8)18/h3-4,6,9-10,13,17H,5H2,1-2H3,(H-,14,15,18,19,20)/p+1/t6-,9+,10?,13+/m0/s1. The molecular weight excluding hydrogens is 325 g/mol. The minimum absolute atomic E-state index is 0.244. The molecule has 0 aromatic carbocycles. The van der Waals surface area contributed by atoms with Crippen LogP contribution in [0.4, 0.5) is 0 Å². The maximum absolute atomic E-state index is 12.0. The topological polar surface area (TPSA) is 127 Å². The van der Waals surface area contributed by atoms with Crippen LogP contribution in [-0.4, -0.2) is 43.3 Å². The first-order valence-electron chi connectivity index (χ1n) is 7.09. The Labute approximate surface area is 131 Å². The van der Waals surface area contributed by atoms with Crippen LogP contribution < -0.4 is 5.56 Å². The molecule has 2 unspecified atom stereocenters. The lowest BCUT2D eigenvalue weighted by atomic mass is 10.0. The van der Waals surface area contributed by atoms with Crippen molar-refractivity contribution in [3.63, 3.8) is 0 Å². The van der Waals surface area contributed by atoms with E-state index < -0.39 is 26.7 Å². The highest BCUT2D eigenvalue weighted by Crippen LogP contribution is 2.40. The van der Waals surface area contributed by atoms with E-state index in [1.807, 2.05) is 0 Å². The Morgan fingerprint density at radius 1 is 1.57 bits per heavy atom. The summed E-state index contributed by atoms with van der Waals surface area (Å²) >= 11 is 0. The van der Waals surface area contributed by atoms with Gasteiger partial charge in [0.05, 0.1) is 18.1 Å². The molecule has 1 aliphatic heterocycles. The molecule has 10 heteroatoms. The maximum Gasteiger partial charge on any atom is 0.695 e. The third-order valence-corrected chi connectivity index (χ3v) is 4.49. The Morgan fingerprint density at radius 3 is 2.96 bits per heavy atom. The number of ether oxygens (including phenoxy) is 1. The minimum Gasteiger partial charge on any atom is -0.394 e. The van der Waals surface area contributed by atoms with Gasteiger partial charge in [-0.15, -0.1) is 9.42 Å². The lowest BCUT2D eigenvalue weighted by molar-refractivity contribution is -0.0448. The van der Waals surface area contributed by atoms with Gasteiger partial charge in [0, 0.05) is 16.7 Å². The summed E-state index contributed by atoms with van der Waals surface area (Å²) in [4.78, 5) is 28.0. The largest absolute Gasteiger partial charge is 0.695 e. The summed E-state index contributed by atoms with van der Waals surface area (Å²) in [5, 5.41) is 9.79. The molecule has 1 saturated heterocycles. The number of aliphatic hydroxyl groups excluding tert-OH is 1. The number of nitrogens with zero attached hydrogens (tertiary/aromatic N) is 2. The van der Waals surface area contributed by atoms with E-state index >= 15 is 0 Å². The van der Waals surface area contributed by atoms with Gasteiger partial charge in [-0.1, -0.05) is 6.92 Å². The van der Waals surface area contributed by atoms with Crippen molar-refractivity contribution < 1.29 is 23.8 Å². The first-order valence-corrected chi connectivity index (χ1v) is 8.22. The van der Waals surface area contributed by atoms with E-state index in [2.05, 4.69) is 9.97 Å². The molecule has 0 saturated carbocycles. The summed E-state index contributed by atoms with van der Waals surface area (Å²) in [7, 11) is -2.83. The molecule has 0 spiro atoms. The third-order valence-electron chi connectivity index (χ3n) is 4.07. The number of rotatable bonds is 4. The fourth-order valence-electron chi connectivity index (χ4n) is 2.90. The SMILES string of the molecule is Cc1nc2c(ccn2[C@@H]2O[C@H](CO)[C@H](C)C2O[P+](=O)O)c(=O)[nH]1. The van der Waals surface area contributed by atoms with E-state index in [4.69, 9.17) is 14.2 Å². The van der Waals surface area contributed by atoms with Crippen molar-refractivity contribution in [3.8, 4) is 0 Å². The Morgan fingerprint density at radius 2 is 2.30 bits per heavy atom. The molecule has 0 radical (unpaired) electrons. The molecule has 0 amide bonds. The summed E-state index contributed by atoms with van der Waals surface area (Å²) in [5.41, 5.74) is 0.116. The summed E-state index contributed by atoms with van der Waals surface area (Å²) in [6.07, 6.45) is -0.442. The van der Waals surface area contributed by atoms with E-state index in [1.54, 1.807) is 30.7 Å².